The van der Waals surface area contributed by atoms with Crippen molar-refractivity contribution in [3.05, 3.63) is 92.7 Å². The molecule has 0 amide bonds. The summed E-state index contributed by atoms with van der Waals surface area (Å²) in [7, 11) is -4.29. The van der Waals surface area contributed by atoms with E-state index >= 15 is 0 Å². The lowest BCUT2D eigenvalue weighted by molar-refractivity contribution is -0.438. The molecular weight excluding hydrogens is 928 g/mol. The number of fused-ring (bicyclic) bond motifs is 2. The van der Waals surface area contributed by atoms with Gasteiger partial charge in [-0.05, 0) is 130 Å². The number of benzene rings is 2. The van der Waals surface area contributed by atoms with Gasteiger partial charge >= 0.3 is 0 Å². The number of ether oxygens (including phenoxy) is 2. The number of halogens is 1. The maximum absolute atomic E-state index is 11.2. The molecule has 10 nitrogen and oxygen atoms in total. The van der Waals surface area contributed by atoms with Crippen molar-refractivity contribution in [2.24, 2.45) is 0 Å². The van der Waals surface area contributed by atoms with Crippen LogP contribution in [0.15, 0.2) is 70.4 Å². The lowest BCUT2D eigenvalue weighted by atomic mass is 9.72. The molecule has 384 valence electrons. The van der Waals surface area contributed by atoms with Crippen LogP contribution in [0.1, 0.15) is 186 Å². The molecule has 69 heavy (non-hydrogen) atoms. The minimum Gasteiger partial charge on any atom is -0.496 e. The fraction of sp³-hybridized carbons (Fsp3) is 0.625. The van der Waals surface area contributed by atoms with Gasteiger partial charge < -0.3 is 14.4 Å². The SMILES string of the molecule is CCc1cc2c(cc1OC)C(CC)(CC)C(/C=C/C1=C(Cl)C(=C/C=C3\N(CCCCCCCCS(=O)(=O)O)c4cc(CC)c(OC)cc4C3(CC)CC)/CCC1)=[N+]2CCCCCCCCS(=O)(=O)O. The third-order valence-corrected chi connectivity index (χ3v) is 17.7. The quantitative estimate of drug-likeness (QED) is 0.0464. The third-order valence-electron chi connectivity index (χ3n) is 15.6. The summed E-state index contributed by atoms with van der Waals surface area (Å²) in [6.45, 7) is 15.3. The van der Waals surface area contributed by atoms with Gasteiger partial charge in [0, 0.05) is 58.1 Å². The first-order valence-electron chi connectivity index (χ1n) is 26.3. The molecule has 3 aliphatic rings. The van der Waals surface area contributed by atoms with Crippen LogP contribution in [-0.4, -0.2) is 75.0 Å². The number of allylic oxidation sites excluding steroid dienone is 8. The molecule has 0 aromatic heterocycles. The van der Waals surface area contributed by atoms with E-state index in [2.05, 4.69) is 99.6 Å². The standard InChI is InChI=1S/C56H83ClN2O8S2/c1-9-42-38-48-46(40-50(42)66-7)55(11-3,12-4)52(58(48)34-23-19-15-17-21-25-36-68(60,61)62)32-30-44-28-27-29-45(54(44)57)31-33-53-56(13-5,14-6)47-41-51(67-8)43(10-2)39-49(47)59(53)35-24-20-16-18-22-26-37-69(63,64)65/h30-33,38-41H,9-29,34-37H2,1-8H3,(H-,60,61,62,63,64,65)/p+1. The fourth-order valence-electron chi connectivity index (χ4n) is 11.5. The van der Waals surface area contributed by atoms with Gasteiger partial charge in [0.15, 0.2) is 5.71 Å². The van der Waals surface area contributed by atoms with Gasteiger partial charge in [-0.15, -0.1) is 0 Å². The Morgan fingerprint density at radius 2 is 1.17 bits per heavy atom. The first-order chi connectivity index (χ1) is 33.0. The molecule has 0 atom stereocenters. The maximum Gasteiger partial charge on any atom is 0.264 e. The summed E-state index contributed by atoms with van der Waals surface area (Å²) in [5.74, 6) is 1.54. The lowest BCUT2D eigenvalue weighted by Gasteiger charge is -2.32. The van der Waals surface area contributed by atoms with Crippen LogP contribution in [0, 0.1) is 0 Å². The van der Waals surface area contributed by atoms with Crippen molar-refractivity contribution < 1.29 is 40.0 Å². The second-order valence-corrected chi connectivity index (χ2v) is 22.9. The fourth-order valence-corrected chi connectivity index (χ4v) is 12.9. The topological polar surface area (TPSA) is 133 Å². The average Bonchev–Trinajstić information content (AvgIpc) is 3.74. The molecular formula is C56H84ClN2O8S2+. The predicted molar refractivity (Wildman–Crippen MR) is 287 cm³/mol. The number of unbranched alkanes of at least 4 members (excludes halogenated alkanes) is 10. The number of nitrogens with zero attached hydrogens (tertiary/aromatic N) is 2. The molecule has 0 saturated carbocycles. The molecule has 2 aromatic carbocycles. The highest BCUT2D eigenvalue weighted by atomic mass is 35.5. The molecule has 0 spiro atoms. The highest BCUT2D eigenvalue weighted by Gasteiger charge is 2.49. The molecule has 1 aliphatic carbocycles. The van der Waals surface area contributed by atoms with Gasteiger partial charge in [-0.3, -0.25) is 9.11 Å². The Labute approximate surface area is 421 Å². The van der Waals surface area contributed by atoms with E-state index in [9.17, 15) is 16.8 Å². The van der Waals surface area contributed by atoms with Crippen molar-refractivity contribution >= 4 is 48.9 Å². The van der Waals surface area contributed by atoms with Gasteiger partial charge in [0.05, 0.1) is 31.1 Å². The van der Waals surface area contributed by atoms with E-state index in [1.165, 1.54) is 45.0 Å². The largest absolute Gasteiger partial charge is 0.496 e. The summed E-state index contributed by atoms with van der Waals surface area (Å²) in [6.07, 6.45) is 28.2. The highest BCUT2D eigenvalue weighted by Crippen LogP contribution is 2.54. The van der Waals surface area contributed by atoms with Crippen LogP contribution in [0.4, 0.5) is 11.4 Å². The van der Waals surface area contributed by atoms with Crippen molar-refractivity contribution in [1.29, 1.82) is 0 Å². The zero-order valence-electron chi connectivity index (χ0n) is 43.2. The Kier molecular flexibility index (Phi) is 21.1. The van der Waals surface area contributed by atoms with Crippen molar-refractivity contribution in [1.82, 2.24) is 0 Å². The Morgan fingerprint density at radius 1 is 0.652 bits per heavy atom. The maximum atomic E-state index is 11.2. The first-order valence-corrected chi connectivity index (χ1v) is 29.8. The van der Waals surface area contributed by atoms with E-state index in [0.29, 0.717) is 12.8 Å². The second kappa shape index (κ2) is 25.8. The average molecular weight is 1010 g/mol. The molecule has 13 heteroatoms. The summed E-state index contributed by atoms with van der Waals surface area (Å²) in [6, 6.07) is 9.27. The highest BCUT2D eigenvalue weighted by molar-refractivity contribution is 7.86. The number of hydrogen-bond donors (Lipinski definition) is 2. The zero-order valence-corrected chi connectivity index (χ0v) is 45.6. The van der Waals surface area contributed by atoms with Crippen LogP contribution in [0.3, 0.4) is 0 Å². The van der Waals surface area contributed by atoms with E-state index in [0.717, 1.165) is 163 Å². The van der Waals surface area contributed by atoms with Crippen LogP contribution >= 0.6 is 11.6 Å². The Morgan fingerprint density at radius 3 is 1.71 bits per heavy atom. The van der Waals surface area contributed by atoms with Gasteiger partial charge in [-0.1, -0.05) is 110 Å². The number of rotatable bonds is 29. The Bertz CT molecular complexity index is 2460. The normalized spacial score (nSPS) is 18.0. The molecule has 0 radical (unpaired) electrons. The van der Waals surface area contributed by atoms with Crippen LogP contribution in [0.25, 0.3) is 0 Å². The smallest absolute Gasteiger partial charge is 0.264 e. The molecule has 0 saturated heterocycles. The number of hydrogen-bond acceptors (Lipinski definition) is 7. The van der Waals surface area contributed by atoms with Gasteiger partial charge in [0.2, 0.25) is 5.69 Å². The molecule has 0 fully saturated rings. The van der Waals surface area contributed by atoms with E-state index < -0.39 is 20.2 Å². The summed E-state index contributed by atoms with van der Waals surface area (Å²) in [5.41, 5.74) is 12.1. The number of methoxy groups -OCH3 is 2. The molecule has 0 unspecified atom stereocenters. The van der Waals surface area contributed by atoms with E-state index in [1.54, 1.807) is 14.2 Å². The first kappa shape index (κ1) is 56.5. The van der Waals surface area contributed by atoms with Gasteiger partial charge in [0.25, 0.3) is 20.2 Å². The molecule has 2 heterocycles. The Balaban J connectivity index is 1.49. The third kappa shape index (κ3) is 13.6. The van der Waals surface area contributed by atoms with Crippen LogP contribution < -0.4 is 14.4 Å². The Hall–Kier alpha value is -3.42. The van der Waals surface area contributed by atoms with Crippen molar-refractivity contribution in [2.75, 3.05) is 43.7 Å². The molecule has 5 rings (SSSR count). The number of aryl methyl sites for hydroxylation is 2. The van der Waals surface area contributed by atoms with Gasteiger partial charge in [0.1, 0.15) is 18.0 Å². The van der Waals surface area contributed by atoms with Crippen LogP contribution in [0.2, 0.25) is 0 Å². The van der Waals surface area contributed by atoms with Crippen LogP contribution in [-0.2, 0) is 43.9 Å². The minimum absolute atomic E-state index is 0.172. The number of anilines is 1. The van der Waals surface area contributed by atoms with Gasteiger partial charge in [-0.25, -0.2) is 0 Å². The summed E-state index contributed by atoms with van der Waals surface area (Å²) < 4.78 is 77.6. The van der Waals surface area contributed by atoms with E-state index in [1.807, 2.05) is 0 Å². The summed E-state index contributed by atoms with van der Waals surface area (Å²) in [4.78, 5) is 2.55. The van der Waals surface area contributed by atoms with Gasteiger partial charge in [-0.2, -0.15) is 21.4 Å². The predicted octanol–water partition coefficient (Wildman–Crippen LogP) is 14.1. The molecule has 0 bridgehead atoms. The molecule has 2 aromatic rings. The summed E-state index contributed by atoms with van der Waals surface area (Å²) in [5, 5.41) is 0.837. The summed E-state index contributed by atoms with van der Waals surface area (Å²) >= 11 is 7.53. The minimum atomic E-state index is -3.92. The van der Waals surface area contributed by atoms with E-state index in [-0.39, 0.29) is 22.3 Å². The van der Waals surface area contributed by atoms with Crippen molar-refractivity contribution in [3.8, 4) is 11.5 Å². The molecule has 2 aliphatic heterocycles. The van der Waals surface area contributed by atoms with E-state index in [4.69, 9.17) is 30.2 Å². The van der Waals surface area contributed by atoms with Crippen LogP contribution in [0.5, 0.6) is 11.5 Å². The zero-order chi connectivity index (χ0) is 50.4. The second-order valence-electron chi connectivity index (χ2n) is 19.4. The molecule has 2 N–H and O–H groups in total. The van der Waals surface area contributed by atoms with Crippen molar-refractivity contribution in [3.63, 3.8) is 0 Å². The lowest BCUT2D eigenvalue weighted by Crippen LogP contribution is -2.33. The van der Waals surface area contributed by atoms with Crippen molar-refractivity contribution in [2.45, 2.75) is 187 Å². The monoisotopic (exact) mass is 1010 g/mol.